The summed E-state index contributed by atoms with van der Waals surface area (Å²) < 4.78 is 0. The molecule has 1 aliphatic rings. The molecule has 3 heteroatoms. The molecule has 1 fully saturated rings. The van der Waals surface area contributed by atoms with Crippen molar-refractivity contribution in [2.45, 2.75) is 18.9 Å². The van der Waals surface area contributed by atoms with Crippen molar-refractivity contribution in [2.75, 3.05) is 39.8 Å². The van der Waals surface area contributed by atoms with Crippen LogP contribution in [0.25, 0.3) is 0 Å². The maximum Gasteiger partial charge on any atom is 0.0222 e. The standard InChI is InChI=1S/C15H25N3/c1-17-9-11-18(12-10-17)15(13-16)8-7-14-5-3-2-4-6-14/h2-6,15H,7-13,16H2,1H3. The highest BCUT2D eigenvalue weighted by atomic mass is 15.3. The van der Waals surface area contributed by atoms with Gasteiger partial charge in [-0.25, -0.2) is 0 Å². The van der Waals surface area contributed by atoms with Gasteiger partial charge in [-0.05, 0) is 25.5 Å². The van der Waals surface area contributed by atoms with Crippen molar-refractivity contribution in [1.29, 1.82) is 0 Å². The molecule has 0 bridgehead atoms. The third-order valence-electron chi connectivity index (χ3n) is 3.94. The normalized spacial score (nSPS) is 19.9. The molecule has 2 rings (SSSR count). The number of rotatable bonds is 5. The first-order valence-corrected chi connectivity index (χ1v) is 6.96. The highest BCUT2D eigenvalue weighted by molar-refractivity contribution is 5.14. The zero-order valence-electron chi connectivity index (χ0n) is 11.4. The van der Waals surface area contributed by atoms with Crippen molar-refractivity contribution in [3.05, 3.63) is 35.9 Å². The molecule has 1 aromatic rings. The first-order valence-electron chi connectivity index (χ1n) is 6.96. The minimum absolute atomic E-state index is 0.541. The van der Waals surface area contributed by atoms with Crippen LogP contribution in [0.15, 0.2) is 30.3 Å². The van der Waals surface area contributed by atoms with Crippen LogP contribution in [0.1, 0.15) is 12.0 Å². The van der Waals surface area contributed by atoms with Crippen molar-refractivity contribution in [3.8, 4) is 0 Å². The predicted molar refractivity (Wildman–Crippen MR) is 76.7 cm³/mol. The minimum Gasteiger partial charge on any atom is -0.329 e. The Hall–Kier alpha value is -0.900. The fraction of sp³-hybridized carbons (Fsp3) is 0.600. The van der Waals surface area contributed by atoms with Crippen LogP contribution in [0.4, 0.5) is 0 Å². The van der Waals surface area contributed by atoms with Crippen molar-refractivity contribution < 1.29 is 0 Å². The van der Waals surface area contributed by atoms with E-state index in [4.69, 9.17) is 5.73 Å². The number of piperazine rings is 1. The molecule has 0 aliphatic carbocycles. The summed E-state index contributed by atoms with van der Waals surface area (Å²) in [6.45, 7) is 5.43. The highest BCUT2D eigenvalue weighted by Gasteiger charge is 2.20. The molecule has 1 heterocycles. The van der Waals surface area contributed by atoms with E-state index in [0.717, 1.165) is 26.1 Å². The van der Waals surface area contributed by atoms with Gasteiger partial charge in [-0.1, -0.05) is 30.3 Å². The summed E-state index contributed by atoms with van der Waals surface area (Å²) >= 11 is 0. The lowest BCUT2D eigenvalue weighted by molar-refractivity contribution is 0.110. The van der Waals surface area contributed by atoms with Crippen LogP contribution in [0, 0.1) is 0 Å². The van der Waals surface area contributed by atoms with Crippen molar-refractivity contribution in [1.82, 2.24) is 9.80 Å². The molecule has 1 aliphatic heterocycles. The van der Waals surface area contributed by atoms with Gasteiger partial charge in [-0.2, -0.15) is 0 Å². The molecule has 2 N–H and O–H groups in total. The van der Waals surface area contributed by atoms with Gasteiger partial charge in [0.05, 0.1) is 0 Å². The largest absolute Gasteiger partial charge is 0.329 e. The van der Waals surface area contributed by atoms with Gasteiger partial charge in [0.2, 0.25) is 0 Å². The first kappa shape index (κ1) is 13.5. The number of hydrogen-bond donors (Lipinski definition) is 1. The summed E-state index contributed by atoms with van der Waals surface area (Å²) in [5, 5.41) is 0. The number of nitrogens with zero attached hydrogens (tertiary/aromatic N) is 2. The van der Waals surface area contributed by atoms with E-state index in [0.29, 0.717) is 6.04 Å². The Labute approximate surface area is 111 Å². The molecule has 18 heavy (non-hydrogen) atoms. The zero-order chi connectivity index (χ0) is 12.8. The summed E-state index contributed by atoms with van der Waals surface area (Å²) in [5.41, 5.74) is 7.37. The van der Waals surface area contributed by atoms with Gasteiger partial charge in [0.15, 0.2) is 0 Å². The van der Waals surface area contributed by atoms with Gasteiger partial charge in [0.1, 0.15) is 0 Å². The van der Waals surface area contributed by atoms with E-state index in [2.05, 4.69) is 47.2 Å². The molecule has 1 atom stereocenters. The second-order valence-electron chi connectivity index (χ2n) is 5.25. The molecule has 0 amide bonds. The maximum atomic E-state index is 5.95. The fourth-order valence-corrected chi connectivity index (χ4v) is 2.61. The SMILES string of the molecule is CN1CCN(C(CN)CCc2ccccc2)CC1. The van der Waals surface area contributed by atoms with E-state index in [-0.39, 0.29) is 0 Å². The van der Waals surface area contributed by atoms with E-state index >= 15 is 0 Å². The third kappa shape index (κ3) is 3.80. The van der Waals surface area contributed by atoms with Gasteiger partial charge in [0.25, 0.3) is 0 Å². The quantitative estimate of drug-likeness (QED) is 0.848. The van der Waals surface area contributed by atoms with E-state index in [1.54, 1.807) is 0 Å². The zero-order valence-corrected chi connectivity index (χ0v) is 11.4. The predicted octanol–water partition coefficient (Wildman–Crippen LogP) is 1.19. The number of likely N-dealkylation sites (N-methyl/N-ethyl adjacent to an activating group) is 1. The van der Waals surface area contributed by atoms with Crippen LogP contribution in [-0.2, 0) is 6.42 Å². The Balaban J connectivity index is 1.82. The second-order valence-corrected chi connectivity index (χ2v) is 5.25. The van der Waals surface area contributed by atoms with Crippen molar-refractivity contribution in [3.63, 3.8) is 0 Å². The Morgan fingerprint density at radius 1 is 1.11 bits per heavy atom. The van der Waals surface area contributed by atoms with Crippen LogP contribution >= 0.6 is 0 Å². The van der Waals surface area contributed by atoms with Crippen molar-refractivity contribution >= 4 is 0 Å². The number of hydrogen-bond acceptors (Lipinski definition) is 3. The minimum atomic E-state index is 0.541. The molecular weight excluding hydrogens is 222 g/mol. The molecular formula is C15H25N3. The van der Waals surface area contributed by atoms with E-state index in [9.17, 15) is 0 Å². The topological polar surface area (TPSA) is 32.5 Å². The van der Waals surface area contributed by atoms with Crippen LogP contribution in [0.2, 0.25) is 0 Å². The molecule has 0 spiro atoms. The lowest BCUT2D eigenvalue weighted by Gasteiger charge is -2.37. The Morgan fingerprint density at radius 3 is 2.39 bits per heavy atom. The van der Waals surface area contributed by atoms with Crippen LogP contribution in [0.3, 0.4) is 0 Å². The smallest absolute Gasteiger partial charge is 0.0222 e. The van der Waals surface area contributed by atoms with E-state index < -0.39 is 0 Å². The van der Waals surface area contributed by atoms with Crippen molar-refractivity contribution in [2.24, 2.45) is 5.73 Å². The van der Waals surface area contributed by atoms with Gasteiger partial charge < -0.3 is 10.6 Å². The maximum absolute atomic E-state index is 5.95. The fourth-order valence-electron chi connectivity index (χ4n) is 2.61. The summed E-state index contributed by atoms with van der Waals surface area (Å²) in [4.78, 5) is 4.95. The number of aryl methyl sites for hydroxylation is 1. The summed E-state index contributed by atoms with van der Waals surface area (Å²) in [6, 6.07) is 11.3. The van der Waals surface area contributed by atoms with Crippen LogP contribution < -0.4 is 5.73 Å². The monoisotopic (exact) mass is 247 g/mol. The molecule has 3 nitrogen and oxygen atoms in total. The lowest BCUT2D eigenvalue weighted by Crippen LogP contribution is -2.51. The lowest BCUT2D eigenvalue weighted by atomic mass is 10.0. The number of nitrogens with two attached hydrogens (primary N) is 1. The van der Waals surface area contributed by atoms with E-state index in [1.807, 2.05) is 0 Å². The van der Waals surface area contributed by atoms with Crippen LogP contribution in [0.5, 0.6) is 0 Å². The molecule has 0 aromatic heterocycles. The molecule has 100 valence electrons. The molecule has 1 aromatic carbocycles. The Kier molecular flexibility index (Phi) is 5.17. The summed E-state index contributed by atoms with van der Waals surface area (Å²) in [5.74, 6) is 0. The van der Waals surface area contributed by atoms with Gasteiger partial charge in [0, 0.05) is 38.8 Å². The second kappa shape index (κ2) is 6.88. The van der Waals surface area contributed by atoms with Gasteiger partial charge in [-0.3, -0.25) is 4.90 Å². The summed E-state index contributed by atoms with van der Waals surface area (Å²) in [7, 11) is 2.19. The Bertz CT molecular complexity index is 331. The Morgan fingerprint density at radius 2 is 1.78 bits per heavy atom. The van der Waals surface area contributed by atoms with E-state index in [1.165, 1.54) is 25.1 Å². The third-order valence-corrected chi connectivity index (χ3v) is 3.94. The average Bonchev–Trinajstić information content (AvgIpc) is 2.42. The molecule has 0 saturated carbocycles. The van der Waals surface area contributed by atoms with Gasteiger partial charge in [-0.15, -0.1) is 0 Å². The summed E-state index contributed by atoms with van der Waals surface area (Å²) in [6.07, 6.45) is 2.30. The molecule has 0 radical (unpaired) electrons. The highest BCUT2D eigenvalue weighted by Crippen LogP contribution is 2.11. The van der Waals surface area contributed by atoms with Crippen LogP contribution in [-0.4, -0.2) is 55.6 Å². The first-order chi connectivity index (χ1) is 8.79. The average molecular weight is 247 g/mol. The molecule has 1 unspecified atom stereocenters. The molecule has 1 saturated heterocycles. The van der Waals surface area contributed by atoms with Gasteiger partial charge >= 0.3 is 0 Å². The number of benzene rings is 1.